The predicted molar refractivity (Wildman–Crippen MR) is 115 cm³/mol. The van der Waals surface area contributed by atoms with Crippen LogP contribution >= 0.6 is 0 Å². The molecule has 35 heavy (non-hydrogen) atoms. The average Bonchev–Trinajstić information content (AvgIpc) is 2.83. The third-order valence-corrected chi connectivity index (χ3v) is 4.66. The number of hydrazone groups is 1. The van der Waals surface area contributed by atoms with Crippen LogP contribution < -0.4 is 16.5 Å². The van der Waals surface area contributed by atoms with Crippen molar-refractivity contribution in [3.8, 4) is 0 Å². The van der Waals surface area contributed by atoms with E-state index in [-0.39, 0.29) is 13.0 Å². The van der Waals surface area contributed by atoms with Gasteiger partial charge in [0.05, 0.1) is 12.8 Å². The second-order valence-electron chi connectivity index (χ2n) is 7.04. The number of carbonyl (C=O) groups is 3. The Hall–Kier alpha value is -4.03. The predicted octanol–water partition coefficient (Wildman–Crippen LogP) is 2.86. The lowest BCUT2D eigenvalue weighted by atomic mass is 9.96. The van der Waals surface area contributed by atoms with Gasteiger partial charge in [0.1, 0.15) is 5.92 Å². The molecule has 0 aliphatic heterocycles. The summed E-state index contributed by atoms with van der Waals surface area (Å²) in [5.74, 6) is -10.9. The first kappa shape index (κ1) is 27.2. The maximum Gasteiger partial charge on any atom is 0.315 e. The first-order valence-corrected chi connectivity index (χ1v) is 10.2. The number of anilines is 1. The summed E-state index contributed by atoms with van der Waals surface area (Å²) < 4.78 is 73.6. The number of amides is 2. The minimum absolute atomic E-state index is 0.251. The van der Waals surface area contributed by atoms with Crippen LogP contribution in [0.15, 0.2) is 29.4 Å². The zero-order chi connectivity index (χ0) is 26.1. The number of carbonyl (C=O) groups excluding carboxylic acids is 3. The van der Waals surface area contributed by atoms with Crippen LogP contribution in [0.25, 0.3) is 0 Å². The van der Waals surface area contributed by atoms with Gasteiger partial charge in [-0.1, -0.05) is 12.1 Å². The standard InChI is InChI=1S/C22H21F5N4O4/c1-2-35-22(34)13(16-17(23)19(25)21(27)20(26)18(16)24)10-29-14(32)7-8-15(33)31-12-5-3-11(4-6-12)9-30-28/h3-6,9,13H,2,7-8,10,28H2,1H3,(H,29,32)(H,31,33). The average molecular weight is 500 g/mol. The number of benzene rings is 2. The Morgan fingerprint density at radius 1 is 0.943 bits per heavy atom. The molecule has 0 heterocycles. The third kappa shape index (κ3) is 6.98. The van der Waals surface area contributed by atoms with Crippen molar-refractivity contribution < 1.29 is 41.1 Å². The van der Waals surface area contributed by atoms with Crippen molar-refractivity contribution in [2.75, 3.05) is 18.5 Å². The minimum Gasteiger partial charge on any atom is -0.465 e. The van der Waals surface area contributed by atoms with Gasteiger partial charge in [0.25, 0.3) is 0 Å². The lowest BCUT2D eigenvalue weighted by molar-refractivity contribution is -0.145. The van der Waals surface area contributed by atoms with Crippen molar-refractivity contribution in [1.82, 2.24) is 5.32 Å². The van der Waals surface area contributed by atoms with E-state index in [9.17, 15) is 36.3 Å². The van der Waals surface area contributed by atoms with E-state index in [2.05, 4.69) is 20.5 Å². The fraction of sp³-hybridized carbons (Fsp3) is 0.273. The second kappa shape index (κ2) is 12.4. The number of hydrogen-bond donors (Lipinski definition) is 3. The van der Waals surface area contributed by atoms with E-state index in [0.29, 0.717) is 11.3 Å². The largest absolute Gasteiger partial charge is 0.465 e. The van der Waals surface area contributed by atoms with Crippen LogP contribution in [0, 0.1) is 29.1 Å². The monoisotopic (exact) mass is 500 g/mol. The molecule has 0 radical (unpaired) electrons. The Kier molecular flexibility index (Phi) is 9.67. The summed E-state index contributed by atoms with van der Waals surface area (Å²) in [6, 6.07) is 6.41. The summed E-state index contributed by atoms with van der Waals surface area (Å²) in [5.41, 5.74) is -0.311. The summed E-state index contributed by atoms with van der Waals surface area (Å²) in [7, 11) is 0. The van der Waals surface area contributed by atoms with E-state index in [1.165, 1.54) is 13.1 Å². The van der Waals surface area contributed by atoms with Gasteiger partial charge in [-0.25, -0.2) is 22.0 Å². The highest BCUT2D eigenvalue weighted by molar-refractivity contribution is 5.93. The van der Waals surface area contributed by atoms with Gasteiger partial charge in [-0.05, 0) is 24.6 Å². The highest BCUT2D eigenvalue weighted by Crippen LogP contribution is 2.29. The van der Waals surface area contributed by atoms with E-state index in [1.807, 2.05) is 0 Å². The van der Waals surface area contributed by atoms with E-state index in [1.54, 1.807) is 24.3 Å². The fourth-order valence-electron chi connectivity index (χ4n) is 2.97. The zero-order valence-electron chi connectivity index (χ0n) is 18.3. The molecule has 8 nitrogen and oxygen atoms in total. The summed E-state index contributed by atoms with van der Waals surface area (Å²) in [6.45, 7) is 0.282. The number of rotatable bonds is 10. The quantitative estimate of drug-likeness (QED) is 0.0881. The molecule has 2 amide bonds. The Balaban J connectivity index is 2.04. The highest BCUT2D eigenvalue weighted by Gasteiger charge is 2.35. The van der Waals surface area contributed by atoms with Gasteiger partial charge < -0.3 is 21.2 Å². The molecule has 13 heteroatoms. The van der Waals surface area contributed by atoms with E-state index in [0.717, 1.165) is 0 Å². The van der Waals surface area contributed by atoms with Gasteiger partial charge in [0, 0.05) is 30.6 Å². The molecule has 4 N–H and O–H groups in total. The minimum atomic E-state index is -2.39. The molecule has 188 valence electrons. The lowest BCUT2D eigenvalue weighted by Crippen LogP contribution is -2.34. The van der Waals surface area contributed by atoms with Crippen LogP contribution in [0.4, 0.5) is 27.6 Å². The van der Waals surface area contributed by atoms with Gasteiger partial charge >= 0.3 is 5.97 Å². The van der Waals surface area contributed by atoms with Gasteiger partial charge in [0.2, 0.25) is 17.6 Å². The fourth-order valence-corrected chi connectivity index (χ4v) is 2.97. The first-order chi connectivity index (χ1) is 16.6. The maximum absolute atomic E-state index is 14.2. The van der Waals surface area contributed by atoms with E-state index in [4.69, 9.17) is 5.84 Å². The SMILES string of the molecule is CCOC(=O)C(CNC(=O)CCC(=O)Nc1ccc(C=NN)cc1)c1c(F)c(F)c(F)c(F)c1F. The molecule has 0 fully saturated rings. The van der Waals surface area contributed by atoms with E-state index >= 15 is 0 Å². The maximum atomic E-state index is 14.2. The molecule has 0 saturated heterocycles. The van der Waals surface area contributed by atoms with Crippen LogP contribution in [-0.4, -0.2) is 37.1 Å². The van der Waals surface area contributed by atoms with Gasteiger partial charge in [0.15, 0.2) is 23.3 Å². The van der Waals surface area contributed by atoms with Crippen LogP contribution in [-0.2, 0) is 19.1 Å². The smallest absolute Gasteiger partial charge is 0.315 e. The van der Waals surface area contributed by atoms with Crippen LogP contribution in [0.3, 0.4) is 0 Å². The van der Waals surface area contributed by atoms with Crippen molar-refractivity contribution in [2.24, 2.45) is 10.9 Å². The van der Waals surface area contributed by atoms with Gasteiger partial charge in [-0.2, -0.15) is 5.10 Å². The third-order valence-electron chi connectivity index (χ3n) is 4.66. The Morgan fingerprint density at radius 2 is 1.49 bits per heavy atom. The van der Waals surface area contributed by atoms with Crippen molar-refractivity contribution >= 4 is 29.7 Å². The molecule has 0 bridgehead atoms. The molecule has 0 aliphatic carbocycles. The topological polar surface area (TPSA) is 123 Å². The molecule has 0 saturated carbocycles. The summed E-state index contributed by atoms with van der Waals surface area (Å²) in [6.07, 6.45) is 0.701. The first-order valence-electron chi connectivity index (χ1n) is 10.2. The molecule has 0 spiro atoms. The van der Waals surface area contributed by atoms with Crippen molar-refractivity contribution in [1.29, 1.82) is 0 Å². The Labute approximate surface area is 196 Å². The number of nitrogens with two attached hydrogens (primary N) is 1. The number of halogens is 5. The summed E-state index contributed by atoms with van der Waals surface area (Å²) >= 11 is 0. The normalized spacial score (nSPS) is 11.8. The number of nitrogens with zero attached hydrogens (tertiary/aromatic N) is 1. The van der Waals surface area contributed by atoms with Gasteiger partial charge in [-0.15, -0.1) is 0 Å². The van der Waals surface area contributed by atoms with E-state index < -0.39 is 71.3 Å². The highest BCUT2D eigenvalue weighted by atomic mass is 19.2. The second-order valence-corrected chi connectivity index (χ2v) is 7.04. The van der Waals surface area contributed by atoms with Crippen molar-refractivity contribution in [3.05, 3.63) is 64.5 Å². The zero-order valence-corrected chi connectivity index (χ0v) is 18.3. The number of ether oxygens (including phenoxy) is 1. The molecule has 2 aromatic rings. The Morgan fingerprint density at radius 3 is 2.03 bits per heavy atom. The van der Waals surface area contributed by atoms with Gasteiger partial charge in [-0.3, -0.25) is 14.4 Å². The molecule has 2 rings (SSSR count). The molecule has 0 aromatic heterocycles. The number of hydrogen-bond acceptors (Lipinski definition) is 6. The summed E-state index contributed by atoms with van der Waals surface area (Å²) in [5, 5.41) is 8.05. The number of nitrogens with one attached hydrogen (secondary N) is 2. The molecular formula is C22H21F5N4O4. The Bertz CT molecular complexity index is 1100. The lowest BCUT2D eigenvalue weighted by Gasteiger charge is -2.19. The molecular weight excluding hydrogens is 479 g/mol. The summed E-state index contributed by atoms with van der Waals surface area (Å²) in [4.78, 5) is 36.4. The van der Waals surface area contributed by atoms with Crippen LogP contribution in [0.2, 0.25) is 0 Å². The van der Waals surface area contributed by atoms with Crippen LogP contribution in [0.1, 0.15) is 36.8 Å². The molecule has 1 unspecified atom stereocenters. The molecule has 1 atom stereocenters. The number of esters is 1. The molecule has 2 aromatic carbocycles. The van der Waals surface area contributed by atoms with Crippen molar-refractivity contribution in [3.63, 3.8) is 0 Å². The van der Waals surface area contributed by atoms with Crippen molar-refractivity contribution in [2.45, 2.75) is 25.7 Å². The molecule has 0 aliphatic rings. The van der Waals surface area contributed by atoms with Crippen LogP contribution in [0.5, 0.6) is 0 Å².